The molecule has 21 nitrogen and oxygen atoms in total. The van der Waals surface area contributed by atoms with E-state index in [0.717, 1.165) is 5.01 Å². The van der Waals surface area contributed by atoms with Gasteiger partial charge in [0.05, 0.1) is 20.8 Å². The summed E-state index contributed by atoms with van der Waals surface area (Å²) in [7, 11) is 2.39. The number of hydrogen-bond acceptors (Lipinski definition) is 14. The largest absolute Gasteiger partial charge is 0.507 e. The number of methoxy groups -OCH3 is 2. The van der Waals surface area contributed by atoms with Crippen molar-refractivity contribution >= 4 is 53.5 Å². The third kappa shape index (κ3) is 21.4. The molecule has 21 heteroatoms. The van der Waals surface area contributed by atoms with Crippen LogP contribution >= 0.6 is 0 Å². The monoisotopic (exact) mass is 885 g/mol. The number of rotatable bonds is 24. The van der Waals surface area contributed by atoms with Crippen molar-refractivity contribution in [2.45, 2.75) is 97.2 Å². The number of benzene rings is 2. The highest BCUT2D eigenvalue weighted by atomic mass is 16.6. The fraction of sp³-hybridized carbons (Fsp3) is 0.500. The van der Waals surface area contributed by atoms with Crippen molar-refractivity contribution in [3.63, 3.8) is 0 Å². The maximum Gasteiger partial charge on any atom is 0.426 e. The molecular formula is C42H59N7O14. The lowest BCUT2D eigenvalue weighted by atomic mass is 10.1. The molecule has 0 aromatic heterocycles. The molecule has 63 heavy (non-hydrogen) atoms. The fourth-order valence-corrected chi connectivity index (χ4v) is 5.50. The first-order valence-electron chi connectivity index (χ1n) is 20.3. The van der Waals surface area contributed by atoms with Gasteiger partial charge in [0.2, 0.25) is 35.4 Å². The van der Waals surface area contributed by atoms with Crippen LogP contribution in [0, 0.1) is 0 Å². The summed E-state index contributed by atoms with van der Waals surface area (Å²) < 4.78 is 14.4. The predicted octanol–water partition coefficient (Wildman–Crippen LogP) is 1.73. The molecule has 0 fully saturated rings. The van der Waals surface area contributed by atoms with Gasteiger partial charge in [-0.2, -0.15) is 0 Å². The van der Waals surface area contributed by atoms with Gasteiger partial charge >= 0.3 is 18.0 Å². The highest BCUT2D eigenvalue weighted by Crippen LogP contribution is 2.21. The summed E-state index contributed by atoms with van der Waals surface area (Å²) in [5.41, 5.74) is 2.63. The summed E-state index contributed by atoms with van der Waals surface area (Å²) in [5, 5.41) is 34.3. The van der Waals surface area contributed by atoms with Gasteiger partial charge in [-0.15, -0.1) is 0 Å². The molecular weight excluding hydrogens is 826 g/mol. The molecule has 0 aliphatic heterocycles. The molecule has 7 amide bonds. The molecule has 0 aliphatic rings. The van der Waals surface area contributed by atoms with E-state index < -0.39 is 35.4 Å². The van der Waals surface area contributed by atoms with Crippen LogP contribution in [-0.4, -0.2) is 115 Å². The maximum absolute atomic E-state index is 13.0. The van der Waals surface area contributed by atoms with Crippen molar-refractivity contribution in [3.05, 3.63) is 58.7 Å². The molecule has 0 atom stereocenters. The van der Waals surface area contributed by atoms with Crippen LogP contribution in [0.15, 0.2) is 36.4 Å². The average molecular weight is 886 g/mol. The van der Waals surface area contributed by atoms with Gasteiger partial charge in [-0.05, 0) is 75.4 Å². The standard InChI is InChI=1S/C42H59N7O14/c1-42(2,3)63-41(60)48-49(22-21-45-35(54)10-7-12-37(56)47-26-28-16-18-30(32(51)24-28)40(59)62-5)38(57)14-8-13-34(53)44-20-19-43-33(52)9-6-11-36(55)46-25-27-15-17-29(31(50)23-27)39(58)61-4/h15-18,23-24,50-51H,6-14,19-22,25-26H2,1-5H3,(H,43,52)(H,44,53)(H,45,54)(H,46,55)(H,47,56)(H,48,60). The number of carbonyl (C=O) groups excluding carboxylic acids is 9. The molecule has 0 saturated carbocycles. The SMILES string of the molecule is COC(=O)c1ccc(CNC(=O)CCCC(=O)NCCNC(=O)CCCC(=O)N(CCNC(=O)CCCC(=O)NCc2ccc(C(=O)OC)c(O)c2)NC(=O)OC(C)(C)C)cc1O. The van der Waals surface area contributed by atoms with Crippen LogP contribution in [-0.2, 0) is 56.1 Å². The van der Waals surface area contributed by atoms with Crippen LogP contribution in [0.2, 0.25) is 0 Å². The summed E-state index contributed by atoms with van der Waals surface area (Å²) in [6, 6.07) is 8.58. The van der Waals surface area contributed by atoms with Crippen LogP contribution in [0.3, 0.4) is 0 Å². The van der Waals surface area contributed by atoms with Crippen LogP contribution < -0.4 is 32.0 Å². The Balaban J connectivity index is 1.66. The van der Waals surface area contributed by atoms with Crippen LogP contribution in [0.1, 0.15) is 110 Å². The lowest BCUT2D eigenvalue weighted by Crippen LogP contribution is -2.50. The zero-order chi connectivity index (χ0) is 47.0. The van der Waals surface area contributed by atoms with Crippen LogP contribution in [0.5, 0.6) is 11.5 Å². The molecule has 346 valence electrons. The molecule has 2 aromatic rings. The van der Waals surface area contributed by atoms with E-state index in [0.29, 0.717) is 11.1 Å². The molecule has 8 N–H and O–H groups in total. The topological polar surface area (TPSA) is 297 Å². The van der Waals surface area contributed by atoms with E-state index in [1.807, 2.05) is 0 Å². The predicted molar refractivity (Wildman–Crippen MR) is 224 cm³/mol. The molecule has 0 radical (unpaired) electrons. The number of hydrogen-bond donors (Lipinski definition) is 8. The second-order valence-corrected chi connectivity index (χ2v) is 15.0. The Morgan fingerprint density at radius 1 is 0.556 bits per heavy atom. The van der Waals surface area contributed by atoms with E-state index >= 15 is 0 Å². The van der Waals surface area contributed by atoms with Gasteiger partial charge in [0, 0.05) is 71.2 Å². The van der Waals surface area contributed by atoms with E-state index in [1.165, 1.54) is 38.5 Å². The van der Waals surface area contributed by atoms with Gasteiger partial charge < -0.3 is 51.0 Å². The van der Waals surface area contributed by atoms with E-state index in [9.17, 15) is 53.4 Å². The molecule has 0 aliphatic carbocycles. The highest BCUT2D eigenvalue weighted by molar-refractivity contribution is 5.93. The number of phenolic OH excluding ortho intramolecular Hbond substituents is 2. The Bertz CT molecular complexity index is 1930. The average Bonchev–Trinajstić information content (AvgIpc) is 3.22. The first-order valence-corrected chi connectivity index (χ1v) is 20.3. The second kappa shape index (κ2) is 27.1. The lowest BCUT2D eigenvalue weighted by Gasteiger charge is -2.26. The molecule has 2 aromatic carbocycles. The summed E-state index contributed by atoms with van der Waals surface area (Å²) in [6.45, 7) is 5.23. The van der Waals surface area contributed by atoms with Crippen molar-refractivity contribution in [2.75, 3.05) is 40.4 Å². The maximum atomic E-state index is 13.0. The van der Waals surface area contributed by atoms with Gasteiger partial charge in [0.15, 0.2) is 0 Å². The molecule has 0 unspecified atom stereocenters. The molecule has 0 saturated heterocycles. The molecule has 2 rings (SSSR count). The fourth-order valence-electron chi connectivity index (χ4n) is 5.50. The third-order valence-corrected chi connectivity index (χ3v) is 8.68. The molecule has 0 heterocycles. The Labute approximate surface area is 365 Å². The number of carbonyl (C=O) groups is 9. The number of phenols is 2. The Hall–Kier alpha value is -6.93. The van der Waals surface area contributed by atoms with Crippen LogP contribution in [0.4, 0.5) is 4.79 Å². The Morgan fingerprint density at radius 2 is 0.937 bits per heavy atom. The first kappa shape index (κ1) is 52.2. The van der Waals surface area contributed by atoms with E-state index in [1.54, 1.807) is 32.9 Å². The van der Waals surface area contributed by atoms with Crippen molar-refractivity contribution in [2.24, 2.45) is 0 Å². The quantitative estimate of drug-likeness (QED) is 0.0323. The zero-order valence-corrected chi connectivity index (χ0v) is 36.3. The normalized spacial score (nSPS) is 10.7. The number of aromatic hydroxyl groups is 2. The number of nitrogens with zero attached hydrogens (tertiary/aromatic N) is 1. The Kier molecular flexibility index (Phi) is 22.5. The number of amides is 7. The van der Waals surface area contributed by atoms with E-state index in [4.69, 9.17) is 4.74 Å². The minimum atomic E-state index is -0.895. The van der Waals surface area contributed by atoms with Gasteiger partial charge in [0.25, 0.3) is 0 Å². The summed E-state index contributed by atoms with van der Waals surface area (Å²) in [6.07, 6.45) is -0.265. The summed E-state index contributed by atoms with van der Waals surface area (Å²) in [4.78, 5) is 110. The van der Waals surface area contributed by atoms with Crippen molar-refractivity contribution in [3.8, 4) is 11.5 Å². The smallest absolute Gasteiger partial charge is 0.426 e. The van der Waals surface area contributed by atoms with Crippen molar-refractivity contribution < 1.29 is 67.6 Å². The third-order valence-electron chi connectivity index (χ3n) is 8.68. The molecule has 0 bridgehead atoms. The van der Waals surface area contributed by atoms with Gasteiger partial charge in [-0.1, -0.05) is 12.1 Å². The minimum absolute atomic E-state index is 0.000413. The number of esters is 2. The summed E-state index contributed by atoms with van der Waals surface area (Å²) >= 11 is 0. The Morgan fingerprint density at radius 3 is 1.32 bits per heavy atom. The number of hydrazine groups is 1. The zero-order valence-electron chi connectivity index (χ0n) is 36.3. The second-order valence-electron chi connectivity index (χ2n) is 15.0. The van der Waals surface area contributed by atoms with E-state index in [2.05, 4.69) is 41.5 Å². The van der Waals surface area contributed by atoms with Gasteiger partial charge in [-0.25, -0.2) is 24.8 Å². The van der Waals surface area contributed by atoms with Crippen molar-refractivity contribution in [1.29, 1.82) is 0 Å². The van der Waals surface area contributed by atoms with Crippen molar-refractivity contribution in [1.82, 2.24) is 37.0 Å². The summed E-state index contributed by atoms with van der Waals surface area (Å²) in [5.74, 6) is -4.21. The van der Waals surface area contributed by atoms with Crippen LogP contribution in [0.25, 0.3) is 0 Å². The number of ether oxygens (including phenoxy) is 3. The lowest BCUT2D eigenvalue weighted by molar-refractivity contribution is -0.135. The highest BCUT2D eigenvalue weighted by Gasteiger charge is 2.22. The number of nitrogens with one attached hydrogen (secondary N) is 6. The molecule has 0 spiro atoms. The van der Waals surface area contributed by atoms with Gasteiger partial charge in [-0.3, -0.25) is 28.8 Å². The van der Waals surface area contributed by atoms with E-state index in [-0.39, 0.29) is 143 Å². The van der Waals surface area contributed by atoms with Gasteiger partial charge in [0.1, 0.15) is 28.2 Å². The minimum Gasteiger partial charge on any atom is -0.507 e. The first-order chi connectivity index (χ1) is 29.8.